The molecule has 0 saturated heterocycles. The van der Waals surface area contributed by atoms with E-state index in [0.717, 1.165) is 31.0 Å². The van der Waals surface area contributed by atoms with E-state index in [-0.39, 0.29) is 6.61 Å². The summed E-state index contributed by atoms with van der Waals surface area (Å²) in [5, 5.41) is 11.8. The monoisotopic (exact) mass is 280 g/mol. The maximum absolute atomic E-state index is 8.46. The van der Waals surface area contributed by atoms with Crippen LogP contribution in [0, 0.1) is 11.3 Å². The van der Waals surface area contributed by atoms with Crippen molar-refractivity contribution < 1.29 is 9.47 Å². The molecule has 0 unspecified atom stereocenters. The van der Waals surface area contributed by atoms with Crippen LogP contribution in [0.25, 0.3) is 0 Å². The van der Waals surface area contributed by atoms with E-state index in [9.17, 15) is 0 Å². The van der Waals surface area contributed by atoms with Gasteiger partial charge in [-0.05, 0) is 41.5 Å². The van der Waals surface area contributed by atoms with Crippen LogP contribution < -0.4 is 14.8 Å². The minimum Gasteiger partial charge on any atom is -0.493 e. The Hall–Kier alpha value is -2.67. The lowest BCUT2D eigenvalue weighted by molar-refractivity contribution is 0.357. The van der Waals surface area contributed by atoms with Crippen LogP contribution in [0.5, 0.6) is 11.5 Å². The van der Waals surface area contributed by atoms with Crippen molar-refractivity contribution in [2.45, 2.75) is 13.0 Å². The number of fused-ring (bicyclic) bond motifs is 1. The summed E-state index contributed by atoms with van der Waals surface area (Å²) in [6.07, 6.45) is 0.994. The molecule has 0 aliphatic carbocycles. The molecule has 0 amide bonds. The minimum atomic E-state index is 0.0734. The zero-order chi connectivity index (χ0) is 14.5. The summed E-state index contributed by atoms with van der Waals surface area (Å²) in [5.41, 5.74) is 3.55. The van der Waals surface area contributed by atoms with E-state index in [1.165, 1.54) is 11.1 Å². The third kappa shape index (κ3) is 3.26. The molecular formula is C17H16N2O2. The van der Waals surface area contributed by atoms with Crippen molar-refractivity contribution in [2.24, 2.45) is 0 Å². The Labute approximate surface area is 123 Å². The van der Waals surface area contributed by atoms with Crippen LogP contribution in [0.2, 0.25) is 0 Å². The minimum absolute atomic E-state index is 0.0734. The van der Waals surface area contributed by atoms with Crippen molar-refractivity contribution >= 4 is 5.69 Å². The first-order valence-electron chi connectivity index (χ1n) is 6.93. The van der Waals surface area contributed by atoms with Crippen LogP contribution in [0.1, 0.15) is 11.1 Å². The third-order valence-corrected chi connectivity index (χ3v) is 3.41. The summed E-state index contributed by atoms with van der Waals surface area (Å²) < 4.78 is 10.7. The fourth-order valence-corrected chi connectivity index (χ4v) is 2.34. The van der Waals surface area contributed by atoms with Gasteiger partial charge in [-0.15, -0.1) is 0 Å². The lowest BCUT2D eigenvalue weighted by Gasteiger charge is -2.09. The molecule has 4 heteroatoms. The number of nitrogens with one attached hydrogen (secondary N) is 1. The van der Waals surface area contributed by atoms with Crippen LogP contribution in [0.15, 0.2) is 42.5 Å². The molecular weight excluding hydrogens is 264 g/mol. The summed E-state index contributed by atoms with van der Waals surface area (Å²) >= 11 is 0. The van der Waals surface area contributed by atoms with E-state index in [4.69, 9.17) is 14.7 Å². The number of nitrogens with zero attached hydrogens (tertiary/aromatic N) is 1. The van der Waals surface area contributed by atoms with Gasteiger partial charge in [-0.1, -0.05) is 12.1 Å². The Kier molecular flexibility index (Phi) is 3.92. The largest absolute Gasteiger partial charge is 0.493 e. The number of anilines is 1. The molecule has 106 valence electrons. The highest BCUT2D eigenvalue weighted by atomic mass is 16.5. The van der Waals surface area contributed by atoms with E-state index < -0.39 is 0 Å². The first kappa shape index (κ1) is 13.3. The number of rotatable bonds is 5. The second-order valence-corrected chi connectivity index (χ2v) is 4.87. The SMILES string of the molecule is N#CCOc1ccc(NCc2ccc3c(c2)CCO3)cc1. The number of nitriles is 1. The fourth-order valence-electron chi connectivity index (χ4n) is 2.34. The van der Waals surface area contributed by atoms with Crippen molar-refractivity contribution in [1.29, 1.82) is 5.26 Å². The van der Waals surface area contributed by atoms with Gasteiger partial charge in [0.1, 0.15) is 17.6 Å². The van der Waals surface area contributed by atoms with Gasteiger partial charge in [-0.3, -0.25) is 0 Å². The summed E-state index contributed by atoms with van der Waals surface area (Å²) in [4.78, 5) is 0. The molecule has 4 nitrogen and oxygen atoms in total. The number of hydrogen-bond donors (Lipinski definition) is 1. The van der Waals surface area contributed by atoms with Crippen LogP contribution in [-0.2, 0) is 13.0 Å². The smallest absolute Gasteiger partial charge is 0.174 e. The van der Waals surface area contributed by atoms with Gasteiger partial charge in [0, 0.05) is 18.7 Å². The van der Waals surface area contributed by atoms with Gasteiger partial charge in [0.2, 0.25) is 0 Å². The molecule has 2 aromatic carbocycles. The Balaban J connectivity index is 1.58. The highest BCUT2D eigenvalue weighted by Crippen LogP contribution is 2.26. The maximum atomic E-state index is 8.46. The molecule has 1 aliphatic heterocycles. The average molecular weight is 280 g/mol. The second-order valence-electron chi connectivity index (χ2n) is 4.87. The quantitative estimate of drug-likeness (QED) is 0.914. The molecule has 2 aromatic rings. The molecule has 1 N–H and O–H groups in total. The van der Waals surface area contributed by atoms with Gasteiger partial charge in [-0.2, -0.15) is 5.26 Å². The Bertz CT molecular complexity index is 659. The van der Waals surface area contributed by atoms with Crippen LogP contribution in [-0.4, -0.2) is 13.2 Å². The summed E-state index contributed by atoms with van der Waals surface area (Å²) in [5.74, 6) is 1.72. The predicted molar refractivity (Wildman–Crippen MR) is 80.5 cm³/mol. The van der Waals surface area contributed by atoms with E-state index >= 15 is 0 Å². The van der Waals surface area contributed by atoms with E-state index in [1.807, 2.05) is 36.4 Å². The normalized spacial score (nSPS) is 12.1. The molecule has 0 atom stereocenters. The molecule has 3 rings (SSSR count). The van der Waals surface area contributed by atoms with Crippen molar-refractivity contribution in [3.05, 3.63) is 53.6 Å². The van der Waals surface area contributed by atoms with Gasteiger partial charge < -0.3 is 14.8 Å². The molecule has 1 heterocycles. The van der Waals surface area contributed by atoms with E-state index in [2.05, 4.69) is 17.4 Å². The molecule has 1 aliphatic rings. The molecule has 0 radical (unpaired) electrons. The summed E-state index contributed by atoms with van der Waals surface area (Å²) in [7, 11) is 0. The Morgan fingerprint density at radius 3 is 2.86 bits per heavy atom. The summed E-state index contributed by atoms with van der Waals surface area (Å²) in [6.45, 7) is 1.63. The van der Waals surface area contributed by atoms with Crippen LogP contribution >= 0.6 is 0 Å². The number of ether oxygens (including phenoxy) is 2. The highest BCUT2D eigenvalue weighted by molar-refractivity contribution is 5.47. The summed E-state index contributed by atoms with van der Waals surface area (Å²) in [6, 6.07) is 15.9. The van der Waals surface area contributed by atoms with Crippen molar-refractivity contribution in [1.82, 2.24) is 0 Å². The fraction of sp³-hybridized carbons (Fsp3) is 0.235. The van der Waals surface area contributed by atoms with Gasteiger partial charge >= 0.3 is 0 Å². The first-order chi connectivity index (χ1) is 10.3. The average Bonchev–Trinajstić information content (AvgIpc) is 2.99. The Morgan fingerprint density at radius 2 is 2.05 bits per heavy atom. The van der Waals surface area contributed by atoms with Crippen molar-refractivity contribution in [2.75, 3.05) is 18.5 Å². The predicted octanol–water partition coefficient (Wildman–Crippen LogP) is 3.14. The van der Waals surface area contributed by atoms with Gasteiger partial charge in [0.25, 0.3) is 0 Å². The maximum Gasteiger partial charge on any atom is 0.174 e. The van der Waals surface area contributed by atoms with Crippen molar-refractivity contribution in [3.8, 4) is 17.6 Å². The Morgan fingerprint density at radius 1 is 1.19 bits per heavy atom. The molecule has 21 heavy (non-hydrogen) atoms. The number of benzene rings is 2. The molecule has 0 fully saturated rings. The second kappa shape index (κ2) is 6.19. The van der Waals surface area contributed by atoms with Crippen LogP contribution in [0.4, 0.5) is 5.69 Å². The zero-order valence-electron chi connectivity index (χ0n) is 11.6. The van der Waals surface area contributed by atoms with E-state index in [0.29, 0.717) is 5.75 Å². The third-order valence-electron chi connectivity index (χ3n) is 3.41. The molecule has 0 bridgehead atoms. The molecule has 0 saturated carbocycles. The number of hydrogen-bond acceptors (Lipinski definition) is 4. The molecule has 0 aromatic heterocycles. The van der Waals surface area contributed by atoms with E-state index in [1.54, 1.807) is 0 Å². The highest BCUT2D eigenvalue weighted by Gasteiger charge is 2.11. The lowest BCUT2D eigenvalue weighted by atomic mass is 10.1. The zero-order valence-corrected chi connectivity index (χ0v) is 11.6. The lowest BCUT2D eigenvalue weighted by Crippen LogP contribution is -2.00. The van der Waals surface area contributed by atoms with Gasteiger partial charge in [0.05, 0.1) is 6.61 Å². The first-order valence-corrected chi connectivity index (χ1v) is 6.93. The topological polar surface area (TPSA) is 54.3 Å². The van der Waals surface area contributed by atoms with Gasteiger partial charge in [0.15, 0.2) is 6.61 Å². The molecule has 0 spiro atoms. The van der Waals surface area contributed by atoms with Crippen molar-refractivity contribution in [3.63, 3.8) is 0 Å². The van der Waals surface area contributed by atoms with Gasteiger partial charge in [-0.25, -0.2) is 0 Å². The standard InChI is InChI=1S/C17H16N2O2/c18-8-10-20-16-4-2-15(3-5-16)19-12-13-1-6-17-14(11-13)7-9-21-17/h1-6,11,19H,7,9-10,12H2. The van der Waals surface area contributed by atoms with Crippen LogP contribution in [0.3, 0.4) is 0 Å².